The van der Waals surface area contributed by atoms with Gasteiger partial charge in [-0.25, -0.2) is 22.4 Å². The summed E-state index contributed by atoms with van der Waals surface area (Å²) in [7, 11) is 2.73. The molecule has 2 atom stereocenters. The van der Waals surface area contributed by atoms with Gasteiger partial charge in [-0.15, -0.1) is 0 Å². The lowest BCUT2D eigenvalue weighted by molar-refractivity contribution is -0.118. The summed E-state index contributed by atoms with van der Waals surface area (Å²) in [6.45, 7) is 0.174. The number of amides is 3. The minimum atomic E-state index is -2.43. The molecule has 2 aromatic rings. The van der Waals surface area contributed by atoms with Crippen molar-refractivity contribution in [2.75, 3.05) is 32.3 Å². The van der Waals surface area contributed by atoms with Gasteiger partial charge in [0.25, 0.3) is 11.5 Å². The predicted molar refractivity (Wildman–Crippen MR) is 138 cm³/mol. The van der Waals surface area contributed by atoms with Crippen LogP contribution >= 0.6 is 0 Å². The number of anilines is 1. The Bertz CT molecular complexity index is 1260. The molecule has 0 unspecified atom stereocenters. The molecule has 4 rings (SSSR count). The highest BCUT2D eigenvalue weighted by atomic mass is 19.3. The van der Waals surface area contributed by atoms with Crippen LogP contribution in [0.4, 0.5) is 28.0 Å². The van der Waals surface area contributed by atoms with Gasteiger partial charge < -0.3 is 29.6 Å². The Hall–Kier alpha value is -3.61. The molecular weight excluding hydrogens is 536 g/mol. The molecule has 1 saturated heterocycles. The number of pyridine rings is 1. The largest absolute Gasteiger partial charge is 0.497 e. The van der Waals surface area contributed by atoms with Crippen LogP contribution < -0.4 is 25.8 Å². The highest BCUT2D eigenvalue weighted by Crippen LogP contribution is 2.36. The molecule has 1 saturated carbocycles. The smallest absolute Gasteiger partial charge is 0.315 e. The van der Waals surface area contributed by atoms with E-state index in [1.165, 1.54) is 31.0 Å². The summed E-state index contributed by atoms with van der Waals surface area (Å²) in [6, 6.07) is 2.36. The molecule has 0 radical (unpaired) electrons. The van der Waals surface area contributed by atoms with Crippen molar-refractivity contribution in [2.24, 2.45) is 5.92 Å². The number of halogens is 4. The number of ether oxygens (including phenoxy) is 2. The van der Waals surface area contributed by atoms with Gasteiger partial charge in [0, 0.05) is 62.0 Å². The maximum atomic E-state index is 15.2. The van der Waals surface area contributed by atoms with Crippen molar-refractivity contribution < 1.29 is 36.6 Å². The number of urea groups is 1. The Morgan fingerprint density at radius 2 is 1.75 bits per heavy atom. The molecule has 218 valence electrons. The topological polar surface area (TPSA) is 102 Å². The van der Waals surface area contributed by atoms with E-state index in [0.717, 1.165) is 17.0 Å². The second-order valence-corrected chi connectivity index (χ2v) is 9.99. The fraction of sp³-hybridized carbons (Fsp3) is 0.519. The molecule has 1 aromatic carbocycles. The van der Waals surface area contributed by atoms with Gasteiger partial charge in [0.05, 0.1) is 13.7 Å². The normalized spacial score (nSPS) is 23.0. The number of carbonyl (C=O) groups excluding carboxylic acids is 2. The standard InChI is InChI=1S/C27H32F4N4O5/c1-39-11-10-34-9-3-4-21(25(34)36)35-14-18(22-19(28)12-17(40-2)13-20(22)29)23(26(35)37)33-27(38)32-16-7-5-15(6-8-16)24(30)31/h3-4,9,12-13,15-16,18,23-24H,5-8,10-11,14H2,1-2H3,(H2,32,33,38)/t15-,16-,18-,23-/m0/s1. The number of aromatic nitrogens is 1. The summed E-state index contributed by atoms with van der Waals surface area (Å²) in [4.78, 5) is 40.8. The Morgan fingerprint density at radius 3 is 2.35 bits per heavy atom. The third-order valence-electron chi connectivity index (χ3n) is 7.55. The molecule has 2 N–H and O–H groups in total. The third-order valence-corrected chi connectivity index (χ3v) is 7.55. The van der Waals surface area contributed by atoms with E-state index in [2.05, 4.69) is 10.6 Å². The second kappa shape index (κ2) is 12.7. The monoisotopic (exact) mass is 568 g/mol. The minimum Gasteiger partial charge on any atom is -0.497 e. The average Bonchev–Trinajstić information content (AvgIpc) is 3.22. The number of alkyl halides is 2. The number of carbonyl (C=O) groups is 2. The zero-order chi connectivity index (χ0) is 29.0. The molecule has 2 heterocycles. The lowest BCUT2D eigenvalue weighted by Gasteiger charge is -2.29. The van der Waals surface area contributed by atoms with Gasteiger partial charge in [0.1, 0.15) is 29.1 Å². The van der Waals surface area contributed by atoms with Gasteiger partial charge in [-0.2, -0.15) is 0 Å². The zero-order valence-corrected chi connectivity index (χ0v) is 22.2. The van der Waals surface area contributed by atoms with Crippen LogP contribution in [0.15, 0.2) is 35.3 Å². The summed E-state index contributed by atoms with van der Waals surface area (Å²) in [5, 5.41) is 5.22. The Kier molecular flexibility index (Phi) is 9.33. The van der Waals surface area contributed by atoms with Crippen LogP contribution in [0.25, 0.3) is 0 Å². The van der Waals surface area contributed by atoms with E-state index in [-0.39, 0.29) is 44.0 Å². The average molecular weight is 569 g/mol. The fourth-order valence-electron chi connectivity index (χ4n) is 5.38. The van der Waals surface area contributed by atoms with Crippen molar-refractivity contribution in [1.29, 1.82) is 0 Å². The predicted octanol–water partition coefficient (Wildman–Crippen LogP) is 3.40. The maximum Gasteiger partial charge on any atom is 0.315 e. The number of hydrogen-bond acceptors (Lipinski definition) is 5. The highest BCUT2D eigenvalue weighted by Gasteiger charge is 2.46. The van der Waals surface area contributed by atoms with Crippen molar-refractivity contribution in [3.8, 4) is 5.75 Å². The maximum absolute atomic E-state index is 15.2. The van der Waals surface area contributed by atoms with Gasteiger partial charge in [0.15, 0.2) is 0 Å². The van der Waals surface area contributed by atoms with Crippen LogP contribution in [0.3, 0.4) is 0 Å². The summed E-state index contributed by atoms with van der Waals surface area (Å²) in [5.41, 5.74) is -0.962. The zero-order valence-electron chi connectivity index (χ0n) is 22.2. The first-order valence-electron chi connectivity index (χ1n) is 13.0. The van der Waals surface area contributed by atoms with Crippen LogP contribution in [0.1, 0.15) is 37.2 Å². The van der Waals surface area contributed by atoms with Crippen LogP contribution in [0.2, 0.25) is 0 Å². The quantitative estimate of drug-likeness (QED) is 0.452. The molecule has 0 bridgehead atoms. The SMILES string of the molecule is COCCn1cccc(N2C[C@@H](c3c(F)cc(OC)cc3F)[C@H](NC(=O)N[C@H]3CC[C@H](C(F)F)CC3)C2=O)c1=O. The van der Waals surface area contributed by atoms with Crippen LogP contribution in [0.5, 0.6) is 5.75 Å². The molecule has 40 heavy (non-hydrogen) atoms. The first-order chi connectivity index (χ1) is 19.1. The van der Waals surface area contributed by atoms with E-state index in [0.29, 0.717) is 12.8 Å². The number of nitrogens with zero attached hydrogens (tertiary/aromatic N) is 2. The molecule has 1 aliphatic carbocycles. The van der Waals surface area contributed by atoms with E-state index in [1.54, 1.807) is 6.07 Å². The van der Waals surface area contributed by atoms with E-state index in [4.69, 9.17) is 9.47 Å². The van der Waals surface area contributed by atoms with Crippen LogP contribution in [-0.2, 0) is 16.1 Å². The molecule has 1 aromatic heterocycles. The molecule has 1 aliphatic heterocycles. The van der Waals surface area contributed by atoms with E-state index in [1.807, 2.05) is 0 Å². The van der Waals surface area contributed by atoms with Crippen molar-refractivity contribution in [2.45, 2.75) is 56.7 Å². The first-order valence-corrected chi connectivity index (χ1v) is 13.0. The molecule has 2 aliphatic rings. The molecular formula is C27H32F4N4O5. The van der Waals surface area contributed by atoms with Gasteiger partial charge in [-0.3, -0.25) is 9.59 Å². The Balaban J connectivity index is 1.61. The van der Waals surface area contributed by atoms with Gasteiger partial charge in [-0.1, -0.05) is 0 Å². The van der Waals surface area contributed by atoms with E-state index >= 15 is 8.78 Å². The fourth-order valence-corrected chi connectivity index (χ4v) is 5.38. The van der Waals surface area contributed by atoms with Crippen molar-refractivity contribution >= 4 is 17.6 Å². The minimum absolute atomic E-state index is 0.0158. The number of hydrogen-bond donors (Lipinski definition) is 2. The van der Waals surface area contributed by atoms with Gasteiger partial charge in [-0.05, 0) is 37.8 Å². The summed E-state index contributed by atoms with van der Waals surface area (Å²) >= 11 is 0. The summed E-state index contributed by atoms with van der Waals surface area (Å²) in [5.74, 6) is -4.65. The third kappa shape index (κ3) is 6.24. The lowest BCUT2D eigenvalue weighted by atomic mass is 9.86. The van der Waals surface area contributed by atoms with Gasteiger partial charge in [0.2, 0.25) is 6.43 Å². The Labute approximate surface area is 228 Å². The number of methoxy groups -OCH3 is 2. The molecule has 0 spiro atoms. The number of nitrogens with one attached hydrogen (secondary N) is 2. The van der Waals surface area contributed by atoms with Crippen LogP contribution in [-0.4, -0.2) is 62.4 Å². The van der Waals surface area contributed by atoms with E-state index < -0.39 is 65.0 Å². The number of benzene rings is 1. The van der Waals surface area contributed by atoms with Crippen LogP contribution in [0, 0.1) is 17.6 Å². The summed E-state index contributed by atoms with van der Waals surface area (Å²) < 4.78 is 67.6. The summed E-state index contributed by atoms with van der Waals surface area (Å²) in [6.07, 6.45) is 0.258. The Morgan fingerprint density at radius 1 is 1.07 bits per heavy atom. The molecule has 13 heteroatoms. The number of rotatable bonds is 9. The van der Waals surface area contributed by atoms with Crippen molar-refractivity contribution in [3.05, 3.63) is 58.0 Å². The second-order valence-electron chi connectivity index (χ2n) is 9.99. The van der Waals surface area contributed by atoms with E-state index in [9.17, 15) is 23.2 Å². The molecule has 9 nitrogen and oxygen atoms in total. The molecule has 3 amide bonds. The highest BCUT2D eigenvalue weighted by molar-refractivity contribution is 6.02. The van der Waals surface area contributed by atoms with Crippen molar-refractivity contribution in [1.82, 2.24) is 15.2 Å². The molecule has 2 fully saturated rings. The van der Waals surface area contributed by atoms with Gasteiger partial charge >= 0.3 is 6.03 Å². The lowest BCUT2D eigenvalue weighted by Crippen LogP contribution is -2.51. The first kappa shape index (κ1) is 29.4. The van der Waals surface area contributed by atoms with Crippen molar-refractivity contribution in [3.63, 3.8) is 0 Å².